The van der Waals surface area contributed by atoms with Crippen molar-refractivity contribution in [3.63, 3.8) is 0 Å². The van der Waals surface area contributed by atoms with Crippen molar-refractivity contribution in [2.75, 3.05) is 5.73 Å². The Bertz CT molecular complexity index is 839. The molecule has 0 aliphatic carbocycles. The van der Waals surface area contributed by atoms with E-state index in [1.54, 1.807) is 18.2 Å². The van der Waals surface area contributed by atoms with E-state index in [9.17, 15) is 4.21 Å². The molecule has 5 heteroatoms. The normalized spacial score (nSPS) is 12.7. The summed E-state index contributed by atoms with van der Waals surface area (Å²) in [7, 11) is -1.31. The number of hydrogen-bond acceptors (Lipinski definition) is 4. The van der Waals surface area contributed by atoms with E-state index in [1.807, 2.05) is 32.0 Å². The Balaban J connectivity index is 1.91. The van der Waals surface area contributed by atoms with Gasteiger partial charge in [0.25, 0.3) is 5.22 Å². The number of nitrogen functional groups attached to an aromatic ring is 1. The Morgan fingerprint density at radius 3 is 2.81 bits per heavy atom. The molecule has 21 heavy (non-hydrogen) atoms. The summed E-state index contributed by atoms with van der Waals surface area (Å²) in [6.07, 6.45) is 0. The lowest BCUT2D eigenvalue weighted by atomic mass is 10.1. The molecule has 1 heterocycles. The molecule has 2 aromatic carbocycles. The number of hydrogen-bond donors (Lipinski definition) is 1. The van der Waals surface area contributed by atoms with E-state index in [1.165, 1.54) is 0 Å². The molecule has 1 unspecified atom stereocenters. The molecule has 1 aromatic heterocycles. The van der Waals surface area contributed by atoms with Crippen LogP contribution in [0.1, 0.15) is 16.7 Å². The van der Waals surface area contributed by atoms with Gasteiger partial charge >= 0.3 is 0 Å². The predicted octanol–water partition coefficient (Wildman–Crippen LogP) is 3.33. The summed E-state index contributed by atoms with van der Waals surface area (Å²) < 4.78 is 18.0. The molecule has 0 amide bonds. The van der Waals surface area contributed by atoms with Gasteiger partial charge in [0, 0.05) is 5.69 Å². The van der Waals surface area contributed by atoms with Gasteiger partial charge in [0.1, 0.15) is 16.3 Å². The summed E-state index contributed by atoms with van der Waals surface area (Å²) >= 11 is 0. The molecule has 1 atom stereocenters. The highest BCUT2D eigenvalue weighted by Gasteiger charge is 2.14. The SMILES string of the molecule is Cc1ccc(C)c(CS(=O)c2nc3cc(N)ccc3o2)c1. The number of aryl methyl sites for hydroxylation is 2. The lowest BCUT2D eigenvalue weighted by Gasteiger charge is -2.05. The summed E-state index contributed by atoms with van der Waals surface area (Å²) in [4.78, 5) is 4.27. The average molecular weight is 300 g/mol. The molecule has 3 aromatic rings. The molecule has 108 valence electrons. The number of benzene rings is 2. The molecule has 0 radical (unpaired) electrons. The second kappa shape index (κ2) is 5.33. The average Bonchev–Trinajstić information content (AvgIpc) is 2.86. The Morgan fingerprint density at radius 1 is 1.19 bits per heavy atom. The second-order valence-electron chi connectivity index (χ2n) is 5.13. The minimum Gasteiger partial charge on any atom is -0.430 e. The van der Waals surface area contributed by atoms with Crippen LogP contribution >= 0.6 is 0 Å². The van der Waals surface area contributed by atoms with Gasteiger partial charge in [0.2, 0.25) is 0 Å². The molecule has 0 saturated carbocycles. The largest absolute Gasteiger partial charge is 0.430 e. The highest BCUT2D eigenvalue weighted by atomic mass is 32.2. The molecule has 4 nitrogen and oxygen atoms in total. The molecule has 0 aliphatic rings. The monoisotopic (exact) mass is 300 g/mol. The van der Waals surface area contributed by atoms with E-state index < -0.39 is 10.8 Å². The third-order valence-corrected chi connectivity index (χ3v) is 4.52. The van der Waals surface area contributed by atoms with Gasteiger partial charge in [-0.25, -0.2) is 9.19 Å². The van der Waals surface area contributed by atoms with Crippen LogP contribution in [0.4, 0.5) is 5.69 Å². The maximum absolute atomic E-state index is 12.5. The third-order valence-electron chi connectivity index (χ3n) is 3.38. The van der Waals surface area contributed by atoms with Crippen LogP contribution in [0.25, 0.3) is 11.1 Å². The number of oxazole rings is 1. The van der Waals surface area contributed by atoms with E-state index in [4.69, 9.17) is 10.2 Å². The van der Waals surface area contributed by atoms with Gasteiger partial charge in [-0.1, -0.05) is 23.8 Å². The lowest BCUT2D eigenvalue weighted by Crippen LogP contribution is -1.99. The molecule has 0 saturated heterocycles. The summed E-state index contributed by atoms with van der Waals surface area (Å²) in [5.41, 5.74) is 10.9. The van der Waals surface area contributed by atoms with Crippen molar-refractivity contribution in [3.8, 4) is 0 Å². The van der Waals surface area contributed by atoms with E-state index >= 15 is 0 Å². The summed E-state index contributed by atoms with van der Waals surface area (Å²) in [6, 6.07) is 11.3. The fourth-order valence-corrected chi connectivity index (χ4v) is 3.28. The Morgan fingerprint density at radius 2 is 2.00 bits per heavy atom. The van der Waals surface area contributed by atoms with Crippen LogP contribution in [0.2, 0.25) is 0 Å². The number of nitrogens with two attached hydrogens (primary N) is 1. The molecule has 0 fully saturated rings. The van der Waals surface area contributed by atoms with Crippen molar-refractivity contribution in [1.29, 1.82) is 0 Å². The van der Waals surface area contributed by atoms with Crippen LogP contribution in [0.5, 0.6) is 0 Å². The van der Waals surface area contributed by atoms with Crippen LogP contribution in [0.3, 0.4) is 0 Å². The van der Waals surface area contributed by atoms with E-state index in [-0.39, 0.29) is 5.22 Å². The number of anilines is 1. The topological polar surface area (TPSA) is 69.1 Å². The van der Waals surface area contributed by atoms with Gasteiger partial charge in [-0.15, -0.1) is 0 Å². The van der Waals surface area contributed by atoms with Crippen LogP contribution in [0.15, 0.2) is 46.0 Å². The zero-order valence-electron chi connectivity index (χ0n) is 11.9. The number of fused-ring (bicyclic) bond motifs is 1. The summed E-state index contributed by atoms with van der Waals surface area (Å²) in [6.45, 7) is 4.03. The van der Waals surface area contributed by atoms with Gasteiger partial charge in [0.05, 0.1) is 5.75 Å². The van der Waals surface area contributed by atoms with Crippen LogP contribution in [-0.4, -0.2) is 9.19 Å². The van der Waals surface area contributed by atoms with Crippen molar-refractivity contribution in [2.24, 2.45) is 0 Å². The van der Waals surface area contributed by atoms with Gasteiger partial charge in [0.15, 0.2) is 5.58 Å². The van der Waals surface area contributed by atoms with Crippen molar-refractivity contribution in [2.45, 2.75) is 24.8 Å². The number of aromatic nitrogens is 1. The fraction of sp³-hybridized carbons (Fsp3) is 0.188. The minimum absolute atomic E-state index is 0.247. The van der Waals surface area contributed by atoms with Crippen LogP contribution < -0.4 is 5.73 Å². The summed E-state index contributed by atoms with van der Waals surface area (Å²) in [5, 5.41) is 0.247. The number of rotatable bonds is 3. The quantitative estimate of drug-likeness (QED) is 0.753. The van der Waals surface area contributed by atoms with Gasteiger partial charge in [-0.05, 0) is 43.2 Å². The fourth-order valence-electron chi connectivity index (χ4n) is 2.18. The Hall–Kier alpha value is -2.14. The Kier molecular flexibility index (Phi) is 3.51. The van der Waals surface area contributed by atoms with Crippen molar-refractivity contribution in [1.82, 2.24) is 4.98 Å². The standard InChI is InChI=1S/C16H16N2O2S/c1-10-3-4-11(2)12(7-10)9-21(19)16-18-14-8-13(17)5-6-15(14)20-16/h3-8H,9,17H2,1-2H3. The highest BCUT2D eigenvalue weighted by Crippen LogP contribution is 2.22. The van der Waals surface area contributed by atoms with Gasteiger partial charge in [-0.2, -0.15) is 0 Å². The first kappa shape index (κ1) is 13.8. The molecule has 0 aliphatic heterocycles. The molecule has 2 N–H and O–H groups in total. The van der Waals surface area contributed by atoms with Crippen LogP contribution in [0, 0.1) is 13.8 Å². The van der Waals surface area contributed by atoms with Crippen molar-refractivity contribution in [3.05, 3.63) is 53.1 Å². The molecule has 3 rings (SSSR count). The first-order chi connectivity index (χ1) is 10.0. The van der Waals surface area contributed by atoms with E-state index in [0.29, 0.717) is 22.5 Å². The number of nitrogens with zero attached hydrogens (tertiary/aromatic N) is 1. The lowest BCUT2D eigenvalue weighted by molar-refractivity contribution is 0.477. The first-order valence-electron chi connectivity index (χ1n) is 6.63. The van der Waals surface area contributed by atoms with E-state index in [0.717, 1.165) is 16.7 Å². The minimum atomic E-state index is -1.31. The Labute approximate surface area is 125 Å². The van der Waals surface area contributed by atoms with E-state index in [2.05, 4.69) is 4.98 Å². The van der Waals surface area contributed by atoms with Gasteiger partial charge < -0.3 is 10.2 Å². The zero-order valence-corrected chi connectivity index (χ0v) is 12.7. The van der Waals surface area contributed by atoms with Crippen LogP contribution in [-0.2, 0) is 16.6 Å². The second-order valence-corrected chi connectivity index (χ2v) is 6.46. The molecule has 0 spiro atoms. The molecular formula is C16H16N2O2S. The summed E-state index contributed by atoms with van der Waals surface area (Å²) in [5.74, 6) is 0.399. The van der Waals surface area contributed by atoms with Gasteiger partial charge in [-0.3, -0.25) is 0 Å². The zero-order chi connectivity index (χ0) is 15.0. The first-order valence-corrected chi connectivity index (χ1v) is 7.95. The third kappa shape index (κ3) is 2.83. The smallest absolute Gasteiger partial charge is 0.288 e. The predicted molar refractivity (Wildman–Crippen MR) is 84.4 cm³/mol. The molecular weight excluding hydrogens is 284 g/mol. The highest BCUT2D eigenvalue weighted by molar-refractivity contribution is 7.84. The molecule has 0 bridgehead atoms. The maximum Gasteiger partial charge on any atom is 0.288 e. The van der Waals surface area contributed by atoms with Crippen molar-refractivity contribution >= 4 is 27.6 Å². The maximum atomic E-state index is 12.5. The van der Waals surface area contributed by atoms with Crippen molar-refractivity contribution < 1.29 is 8.63 Å².